The zero-order chi connectivity index (χ0) is 11.7. The molecule has 2 heterocycles. The lowest BCUT2D eigenvalue weighted by Gasteiger charge is -2.23. The summed E-state index contributed by atoms with van der Waals surface area (Å²) >= 11 is 0. The number of hydrogen-bond donors (Lipinski definition) is 1. The molecule has 17 heavy (non-hydrogen) atoms. The van der Waals surface area contributed by atoms with Gasteiger partial charge in [0.2, 0.25) is 5.95 Å². The molecule has 1 N–H and O–H groups in total. The Balaban J connectivity index is 1.85. The van der Waals surface area contributed by atoms with Crippen LogP contribution in [0.5, 0.6) is 0 Å². The van der Waals surface area contributed by atoms with E-state index in [1.54, 1.807) is 0 Å². The lowest BCUT2D eigenvalue weighted by atomic mass is 9.98. The van der Waals surface area contributed by atoms with Crippen molar-refractivity contribution in [3.05, 3.63) is 41.7 Å². The Kier molecular flexibility index (Phi) is 2.55. The fourth-order valence-corrected chi connectivity index (χ4v) is 2.23. The van der Waals surface area contributed by atoms with Gasteiger partial charge >= 0.3 is 0 Å². The summed E-state index contributed by atoms with van der Waals surface area (Å²) in [5.41, 5.74) is 1.36. The molecule has 1 aliphatic rings. The maximum absolute atomic E-state index is 4.49. The number of fused-ring (bicyclic) bond motifs is 1. The van der Waals surface area contributed by atoms with Crippen molar-refractivity contribution in [1.82, 2.24) is 14.8 Å². The minimum Gasteiger partial charge on any atom is -0.354 e. The summed E-state index contributed by atoms with van der Waals surface area (Å²) in [6.07, 6.45) is 0.887. The number of nitrogens with zero attached hydrogens (tertiary/aromatic N) is 3. The van der Waals surface area contributed by atoms with Gasteiger partial charge in [0.15, 0.2) is 5.82 Å². The maximum Gasteiger partial charge on any atom is 0.221 e. The molecule has 3 rings (SSSR count). The average molecular weight is 228 g/mol. The number of aryl methyl sites for hydroxylation is 1. The molecule has 1 aromatic heterocycles. The van der Waals surface area contributed by atoms with Gasteiger partial charge in [0.1, 0.15) is 0 Å². The number of nitrogens with one attached hydrogen (secondary N) is 1. The van der Waals surface area contributed by atoms with E-state index in [4.69, 9.17) is 0 Å². The van der Waals surface area contributed by atoms with Gasteiger partial charge in [0.25, 0.3) is 0 Å². The minimum absolute atomic E-state index is 0.482. The molecule has 0 radical (unpaired) electrons. The van der Waals surface area contributed by atoms with E-state index in [9.17, 15) is 0 Å². The zero-order valence-electron chi connectivity index (χ0n) is 9.93. The molecule has 1 aromatic carbocycles. The number of aromatic nitrogens is 3. The third kappa shape index (κ3) is 1.90. The highest BCUT2D eigenvalue weighted by atomic mass is 15.4. The standard InChI is InChI=1S/C13H16N4/c1-2-12-15-13-14-8-11(9-17(13)16-12)10-6-4-3-5-7-10/h3-7,11H,2,8-9H2,1H3,(H,14,15,16). The highest BCUT2D eigenvalue weighted by molar-refractivity contribution is 5.32. The van der Waals surface area contributed by atoms with E-state index in [0.717, 1.165) is 31.3 Å². The Bertz CT molecular complexity index is 503. The first-order valence-electron chi connectivity index (χ1n) is 6.09. The summed E-state index contributed by atoms with van der Waals surface area (Å²) in [4.78, 5) is 4.44. The van der Waals surface area contributed by atoms with Gasteiger partial charge in [-0.3, -0.25) is 0 Å². The number of rotatable bonds is 2. The molecule has 0 spiro atoms. The second-order valence-corrected chi connectivity index (χ2v) is 4.38. The SMILES string of the molecule is CCc1nc2n(n1)CC(c1ccccc1)CN2. The second-order valence-electron chi connectivity index (χ2n) is 4.38. The average Bonchev–Trinajstić information content (AvgIpc) is 2.81. The smallest absolute Gasteiger partial charge is 0.221 e. The molecule has 2 aromatic rings. The van der Waals surface area contributed by atoms with E-state index < -0.39 is 0 Å². The zero-order valence-corrected chi connectivity index (χ0v) is 9.93. The van der Waals surface area contributed by atoms with E-state index >= 15 is 0 Å². The van der Waals surface area contributed by atoms with E-state index in [-0.39, 0.29) is 0 Å². The van der Waals surface area contributed by atoms with Crippen molar-refractivity contribution < 1.29 is 0 Å². The largest absolute Gasteiger partial charge is 0.354 e. The van der Waals surface area contributed by atoms with Crippen LogP contribution in [-0.4, -0.2) is 21.3 Å². The molecule has 1 unspecified atom stereocenters. The maximum atomic E-state index is 4.49. The highest BCUT2D eigenvalue weighted by Gasteiger charge is 2.21. The molecule has 0 saturated heterocycles. The van der Waals surface area contributed by atoms with Gasteiger partial charge in [0.05, 0.1) is 6.54 Å². The van der Waals surface area contributed by atoms with Crippen molar-refractivity contribution in [3.8, 4) is 0 Å². The van der Waals surface area contributed by atoms with Gasteiger partial charge in [0, 0.05) is 18.9 Å². The fraction of sp³-hybridized carbons (Fsp3) is 0.385. The summed E-state index contributed by atoms with van der Waals surface area (Å²) in [6.45, 7) is 3.93. The Labute approximate surface area is 101 Å². The molecular weight excluding hydrogens is 212 g/mol. The monoisotopic (exact) mass is 228 g/mol. The van der Waals surface area contributed by atoms with Crippen molar-refractivity contribution in [2.75, 3.05) is 11.9 Å². The third-order valence-corrected chi connectivity index (χ3v) is 3.20. The van der Waals surface area contributed by atoms with Crippen LogP contribution in [0.4, 0.5) is 5.95 Å². The predicted octanol–water partition coefficient (Wildman–Crippen LogP) is 2.05. The van der Waals surface area contributed by atoms with Gasteiger partial charge in [-0.2, -0.15) is 10.1 Å². The summed E-state index contributed by atoms with van der Waals surface area (Å²) in [6, 6.07) is 10.6. The number of benzene rings is 1. The predicted molar refractivity (Wildman–Crippen MR) is 67.1 cm³/mol. The van der Waals surface area contributed by atoms with Crippen molar-refractivity contribution >= 4 is 5.95 Å². The lowest BCUT2D eigenvalue weighted by molar-refractivity contribution is 0.501. The Hall–Kier alpha value is -1.84. The van der Waals surface area contributed by atoms with Crippen LogP contribution >= 0.6 is 0 Å². The van der Waals surface area contributed by atoms with Crippen molar-refractivity contribution in [1.29, 1.82) is 0 Å². The van der Waals surface area contributed by atoms with Crippen molar-refractivity contribution in [2.24, 2.45) is 0 Å². The normalized spacial score (nSPS) is 18.5. The van der Waals surface area contributed by atoms with Gasteiger partial charge in [-0.05, 0) is 5.56 Å². The summed E-state index contributed by atoms with van der Waals surface area (Å²) in [7, 11) is 0. The molecule has 1 aliphatic heterocycles. The summed E-state index contributed by atoms with van der Waals surface area (Å²) in [5.74, 6) is 2.31. The molecule has 88 valence electrons. The van der Waals surface area contributed by atoms with E-state index in [0.29, 0.717) is 5.92 Å². The lowest BCUT2D eigenvalue weighted by Crippen LogP contribution is -2.26. The van der Waals surface area contributed by atoms with Gasteiger partial charge < -0.3 is 5.32 Å². The van der Waals surface area contributed by atoms with Gasteiger partial charge in [-0.1, -0.05) is 37.3 Å². The Morgan fingerprint density at radius 1 is 1.35 bits per heavy atom. The van der Waals surface area contributed by atoms with Crippen molar-refractivity contribution in [2.45, 2.75) is 25.8 Å². The summed E-state index contributed by atoms with van der Waals surface area (Å²) < 4.78 is 1.99. The third-order valence-electron chi connectivity index (χ3n) is 3.20. The number of anilines is 1. The van der Waals surface area contributed by atoms with E-state index in [1.165, 1.54) is 5.56 Å². The second kappa shape index (κ2) is 4.20. The molecular formula is C13H16N4. The topological polar surface area (TPSA) is 42.7 Å². The van der Waals surface area contributed by atoms with E-state index in [2.05, 4.69) is 52.7 Å². The first-order chi connectivity index (χ1) is 8.36. The molecule has 0 saturated carbocycles. The van der Waals surface area contributed by atoms with Crippen LogP contribution in [0.25, 0.3) is 0 Å². The van der Waals surface area contributed by atoms with Crippen LogP contribution in [-0.2, 0) is 13.0 Å². The van der Waals surface area contributed by atoms with E-state index in [1.807, 2.05) is 4.68 Å². The van der Waals surface area contributed by atoms with Crippen LogP contribution in [0.3, 0.4) is 0 Å². The molecule has 0 fully saturated rings. The Morgan fingerprint density at radius 3 is 2.94 bits per heavy atom. The molecule has 0 amide bonds. The van der Waals surface area contributed by atoms with Crippen molar-refractivity contribution in [3.63, 3.8) is 0 Å². The van der Waals surface area contributed by atoms with Crippen LogP contribution in [0.1, 0.15) is 24.2 Å². The van der Waals surface area contributed by atoms with Gasteiger partial charge in [-0.15, -0.1) is 0 Å². The molecule has 1 atom stereocenters. The molecule has 4 nitrogen and oxygen atoms in total. The quantitative estimate of drug-likeness (QED) is 0.855. The van der Waals surface area contributed by atoms with Crippen LogP contribution < -0.4 is 5.32 Å². The first-order valence-corrected chi connectivity index (χ1v) is 6.09. The number of hydrogen-bond acceptors (Lipinski definition) is 3. The first kappa shape index (κ1) is 10.3. The minimum atomic E-state index is 0.482. The highest BCUT2D eigenvalue weighted by Crippen LogP contribution is 2.23. The molecule has 0 bridgehead atoms. The molecule has 4 heteroatoms. The van der Waals surface area contributed by atoms with Crippen LogP contribution in [0.15, 0.2) is 30.3 Å². The Morgan fingerprint density at radius 2 is 2.18 bits per heavy atom. The fourth-order valence-electron chi connectivity index (χ4n) is 2.23. The molecule has 0 aliphatic carbocycles. The van der Waals surface area contributed by atoms with Crippen LogP contribution in [0.2, 0.25) is 0 Å². The van der Waals surface area contributed by atoms with Gasteiger partial charge in [-0.25, -0.2) is 4.68 Å². The summed E-state index contributed by atoms with van der Waals surface area (Å²) in [5, 5.41) is 7.84. The van der Waals surface area contributed by atoms with Crippen LogP contribution in [0, 0.1) is 0 Å².